The lowest BCUT2D eigenvalue weighted by atomic mass is 10.1. The predicted molar refractivity (Wildman–Crippen MR) is 64.1 cm³/mol. The third-order valence-corrected chi connectivity index (χ3v) is 2.75. The average Bonchev–Trinajstić information content (AvgIpc) is 2.26. The lowest BCUT2D eigenvalue weighted by Gasteiger charge is -2.15. The molecule has 88 valence electrons. The molecule has 1 aromatic rings. The van der Waals surface area contributed by atoms with E-state index in [1.807, 2.05) is 31.2 Å². The van der Waals surface area contributed by atoms with Crippen LogP contribution in [0.4, 0.5) is 4.79 Å². The summed E-state index contributed by atoms with van der Waals surface area (Å²) in [6, 6.07) is 7.48. The quantitative estimate of drug-likeness (QED) is 0.893. The van der Waals surface area contributed by atoms with Crippen LogP contribution < -0.4 is 5.32 Å². The number of nitrogens with one attached hydrogen (secondary N) is 1. The molecule has 0 aliphatic carbocycles. The highest BCUT2D eigenvalue weighted by Crippen LogP contribution is 2.22. The van der Waals surface area contributed by atoms with Gasteiger partial charge in [-0.25, -0.2) is 4.79 Å². The van der Waals surface area contributed by atoms with Crippen molar-refractivity contribution in [3.8, 4) is 0 Å². The van der Waals surface area contributed by atoms with Gasteiger partial charge in [0.1, 0.15) is 6.61 Å². The molecule has 1 rings (SSSR count). The van der Waals surface area contributed by atoms with Crippen molar-refractivity contribution in [2.45, 2.75) is 13.0 Å². The van der Waals surface area contributed by atoms with Gasteiger partial charge in [-0.05, 0) is 18.6 Å². The lowest BCUT2D eigenvalue weighted by Crippen LogP contribution is -2.28. The molecule has 16 heavy (non-hydrogen) atoms. The minimum Gasteiger partial charge on any atom is -0.447 e. The van der Waals surface area contributed by atoms with Crippen LogP contribution in [-0.4, -0.2) is 24.4 Å². The van der Waals surface area contributed by atoms with Gasteiger partial charge in [0.25, 0.3) is 0 Å². The third kappa shape index (κ3) is 3.83. The summed E-state index contributed by atoms with van der Waals surface area (Å²) in [6.45, 7) is 1.70. The Kier molecular flexibility index (Phi) is 5.28. The van der Waals surface area contributed by atoms with E-state index >= 15 is 0 Å². The molecule has 2 N–H and O–H groups in total. The topological polar surface area (TPSA) is 58.6 Å². The standard InChI is InChI=1S/C11H14BrNO3/c1-8(13-11(15)16-7-6-14)9-4-2-3-5-10(9)12/h2-5,8,14H,6-7H2,1H3,(H,13,15)/t8-/m1/s1. The number of aliphatic hydroxyl groups is 1. The van der Waals surface area contributed by atoms with E-state index in [2.05, 4.69) is 21.2 Å². The number of ether oxygens (including phenoxy) is 1. The number of benzene rings is 1. The zero-order chi connectivity index (χ0) is 12.0. The summed E-state index contributed by atoms with van der Waals surface area (Å²) < 4.78 is 5.64. The fraction of sp³-hybridized carbons (Fsp3) is 0.364. The van der Waals surface area contributed by atoms with E-state index in [1.54, 1.807) is 0 Å². The van der Waals surface area contributed by atoms with E-state index in [1.165, 1.54) is 0 Å². The Labute approximate surface area is 103 Å². The number of carbonyl (C=O) groups excluding carboxylic acids is 1. The zero-order valence-corrected chi connectivity index (χ0v) is 10.5. The molecule has 0 aliphatic rings. The molecule has 1 atom stereocenters. The summed E-state index contributed by atoms with van der Waals surface area (Å²) in [5, 5.41) is 11.2. The van der Waals surface area contributed by atoms with Crippen LogP contribution >= 0.6 is 15.9 Å². The zero-order valence-electron chi connectivity index (χ0n) is 8.94. The molecule has 0 heterocycles. The Morgan fingerprint density at radius 2 is 2.25 bits per heavy atom. The van der Waals surface area contributed by atoms with Crippen LogP contribution in [0.15, 0.2) is 28.7 Å². The molecule has 0 aliphatic heterocycles. The van der Waals surface area contributed by atoms with Gasteiger partial charge in [-0.2, -0.15) is 0 Å². The Morgan fingerprint density at radius 1 is 1.56 bits per heavy atom. The molecule has 5 heteroatoms. The lowest BCUT2D eigenvalue weighted by molar-refractivity contribution is 0.116. The molecular weight excluding hydrogens is 274 g/mol. The van der Waals surface area contributed by atoms with Crippen molar-refractivity contribution in [3.63, 3.8) is 0 Å². The number of carbonyl (C=O) groups is 1. The molecule has 0 saturated heterocycles. The number of alkyl carbamates (subject to hydrolysis) is 1. The first kappa shape index (κ1) is 13.0. The van der Waals surface area contributed by atoms with Crippen LogP contribution in [0.3, 0.4) is 0 Å². The number of aliphatic hydroxyl groups excluding tert-OH is 1. The molecule has 4 nitrogen and oxygen atoms in total. The minimum atomic E-state index is -0.530. The molecule has 0 spiro atoms. The van der Waals surface area contributed by atoms with Gasteiger partial charge in [0.2, 0.25) is 0 Å². The molecule has 1 amide bonds. The summed E-state index contributed by atoms with van der Waals surface area (Å²) in [7, 11) is 0. The second kappa shape index (κ2) is 6.50. The van der Waals surface area contributed by atoms with Crippen LogP contribution in [0, 0.1) is 0 Å². The molecule has 1 aromatic carbocycles. The largest absolute Gasteiger partial charge is 0.447 e. The molecule has 0 aromatic heterocycles. The van der Waals surface area contributed by atoms with Crippen molar-refractivity contribution in [2.24, 2.45) is 0 Å². The Balaban J connectivity index is 2.55. The SMILES string of the molecule is C[C@@H](NC(=O)OCCO)c1ccccc1Br. The first-order chi connectivity index (χ1) is 7.65. The number of amides is 1. The van der Waals surface area contributed by atoms with Crippen LogP contribution in [0.1, 0.15) is 18.5 Å². The second-order valence-corrected chi connectivity index (χ2v) is 4.10. The monoisotopic (exact) mass is 287 g/mol. The van der Waals surface area contributed by atoms with E-state index in [0.29, 0.717) is 0 Å². The van der Waals surface area contributed by atoms with E-state index in [9.17, 15) is 4.79 Å². The first-order valence-electron chi connectivity index (χ1n) is 4.93. The molecule has 0 unspecified atom stereocenters. The van der Waals surface area contributed by atoms with Gasteiger partial charge >= 0.3 is 6.09 Å². The summed E-state index contributed by atoms with van der Waals surface area (Å²) in [5.74, 6) is 0. The van der Waals surface area contributed by atoms with Crippen LogP contribution in [-0.2, 0) is 4.74 Å². The Bertz CT molecular complexity index is 357. The summed E-state index contributed by atoms with van der Waals surface area (Å²) in [4.78, 5) is 11.2. The highest BCUT2D eigenvalue weighted by atomic mass is 79.9. The Hall–Kier alpha value is -1.07. The van der Waals surface area contributed by atoms with Crippen molar-refractivity contribution in [3.05, 3.63) is 34.3 Å². The maximum Gasteiger partial charge on any atom is 0.407 e. The smallest absolute Gasteiger partial charge is 0.407 e. The van der Waals surface area contributed by atoms with Crippen molar-refractivity contribution in [1.82, 2.24) is 5.32 Å². The number of halogens is 1. The van der Waals surface area contributed by atoms with Gasteiger partial charge < -0.3 is 15.2 Å². The molecule has 0 bridgehead atoms. The fourth-order valence-electron chi connectivity index (χ4n) is 1.26. The van der Waals surface area contributed by atoms with E-state index in [-0.39, 0.29) is 19.3 Å². The van der Waals surface area contributed by atoms with E-state index in [4.69, 9.17) is 9.84 Å². The third-order valence-electron chi connectivity index (χ3n) is 2.03. The first-order valence-corrected chi connectivity index (χ1v) is 5.73. The van der Waals surface area contributed by atoms with Crippen LogP contribution in [0.25, 0.3) is 0 Å². The molecule has 0 radical (unpaired) electrons. The van der Waals surface area contributed by atoms with E-state index in [0.717, 1.165) is 10.0 Å². The maximum atomic E-state index is 11.2. The normalized spacial score (nSPS) is 11.9. The summed E-state index contributed by atoms with van der Waals surface area (Å²) in [6.07, 6.45) is -0.530. The van der Waals surface area contributed by atoms with Gasteiger partial charge in [0, 0.05) is 4.47 Å². The summed E-state index contributed by atoms with van der Waals surface area (Å²) >= 11 is 3.41. The van der Waals surface area contributed by atoms with E-state index < -0.39 is 6.09 Å². The van der Waals surface area contributed by atoms with Crippen LogP contribution in [0.2, 0.25) is 0 Å². The van der Waals surface area contributed by atoms with Gasteiger partial charge in [0.15, 0.2) is 0 Å². The van der Waals surface area contributed by atoms with Crippen molar-refractivity contribution in [2.75, 3.05) is 13.2 Å². The van der Waals surface area contributed by atoms with Gasteiger partial charge in [-0.3, -0.25) is 0 Å². The van der Waals surface area contributed by atoms with Gasteiger partial charge in [-0.15, -0.1) is 0 Å². The van der Waals surface area contributed by atoms with Gasteiger partial charge in [0.05, 0.1) is 12.6 Å². The highest BCUT2D eigenvalue weighted by molar-refractivity contribution is 9.10. The second-order valence-electron chi connectivity index (χ2n) is 3.25. The predicted octanol–water partition coefficient (Wildman–Crippen LogP) is 2.23. The van der Waals surface area contributed by atoms with Crippen LogP contribution in [0.5, 0.6) is 0 Å². The van der Waals surface area contributed by atoms with Crippen molar-refractivity contribution >= 4 is 22.0 Å². The number of rotatable bonds is 4. The highest BCUT2D eigenvalue weighted by Gasteiger charge is 2.12. The fourth-order valence-corrected chi connectivity index (χ4v) is 1.89. The maximum absolute atomic E-state index is 11.2. The van der Waals surface area contributed by atoms with Gasteiger partial charge in [-0.1, -0.05) is 34.1 Å². The molecular formula is C11H14BrNO3. The minimum absolute atomic E-state index is 0.00845. The molecule has 0 fully saturated rings. The molecule has 0 saturated carbocycles. The number of hydrogen-bond acceptors (Lipinski definition) is 3. The summed E-state index contributed by atoms with van der Waals surface area (Å²) in [5.41, 5.74) is 0.975. The van der Waals surface area contributed by atoms with Crippen molar-refractivity contribution in [1.29, 1.82) is 0 Å². The average molecular weight is 288 g/mol. The Morgan fingerprint density at radius 3 is 2.88 bits per heavy atom. The van der Waals surface area contributed by atoms with Crippen molar-refractivity contribution < 1.29 is 14.6 Å². The number of hydrogen-bond donors (Lipinski definition) is 2.